The molecule has 1 aromatic rings. The van der Waals surface area contributed by atoms with E-state index >= 15 is 0 Å². The number of rotatable bonds is 6. The summed E-state index contributed by atoms with van der Waals surface area (Å²) in [7, 11) is -3.52. The van der Waals surface area contributed by atoms with Crippen LogP contribution in [-0.2, 0) is 16.6 Å². The first-order valence-electron chi connectivity index (χ1n) is 7.84. The quantitative estimate of drug-likeness (QED) is 0.743. The van der Waals surface area contributed by atoms with Crippen molar-refractivity contribution in [1.82, 2.24) is 20.2 Å². The Morgan fingerprint density at radius 3 is 2.76 bits per heavy atom. The number of aromatic amines is 1. The third kappa shape index (κ3) is 3.64. The summed E-state index contributed by atoms with van der Waals surface area (Å²) in [6.07, 6.45) is 8.26. The molecule has 0 amide bonds. The van der Waals surface area contributed by atoms with E-state index < -0.39 is 10.0 Å². The van der Waals surface area contributed by atoms with Crippen molar-refractivity contribution in [3.63, 3.8) is 0 Å². The van der Waals surface area contributed by atoms with Crippen LogP contribution in [0.25, 0.3) is 0 Å². The predicted octanol–water partition coefficient (Wildman–Crippen LogP) is 1.52. The molecule has 3 N–H and O–H groups in total. The lowest BCUT2D eigenvalue weighted by molar-refractivity contribution is 0.310. The van der Waals surface area contributed by atoms with Crippen LogP contribution in [-0.4, -0.2) is 30.7 Å². The Bertz CT molecular complexity index is 580. The highest BCUT2D eigenvalue weighted by Crippen LogP contribution is 2.26. The molecule has 2 aliphatic carbocycles. The van der Waals surface area contributed by atoms with Gasteiger partial charge in [0.05, 0.1) is 6.20 Å². The van der Waals surface area contributed by atoms with Crippen LogP contribution in [0.5, 0.6) is 0 Å². The molecule has 6 nitrogen and oxygen atoms in total. The third-order valence-corrected chi connectivity index (χ3v) is 6.03. The van der Waals surface area contributed by atoms with Gasteiger partial charge in [0.25, 0.3) is 10.0 Å². The van der Waals surface area contributed by atoms with Crippen molar-refractivity contribution in [2.45, 2.75) is 69.1 Å². The van der Waals surface area contributed by atoms with E-state index in [4.69, 9.17) is 0 Å². The van der Waals surface area contributed by atoms with Crippen LogP contribution in [0.4, 0.5) is 0 Å². The van der Waals surface area contributed by atoms with Crippen molar-refractivity contribution in [2.75, 3.05) is 0 Å². The van der Waals surface area contributed by atoms with Gasteiger partial charge in [0.2, 0.25) is 0 Å². The molecule has 2 saturated carbocycles. The second-order valence-corrected chi connectivity index (χ2v) is 8.02. The van der Waals surface area contributed by atoms with Crippen molar-refractivity contribution in [2.24, 2.45) is 5.92 Å². The van der Waals surface area contributed by atoms with Crippen molar-refractivity contribution < 1.29 is 8.42 Å². The van der Waals surface area contributed by atoms with Crippen LogP contribution in [0.2, 0.25) is 0 Å². The minimum absolute atomic E-state index is 0.0382. The van der Waals surface area contributed by atoms with Gasteiger partial charge in [0, 0.05) is 24.2 Å². The zero-order valence-corrected chi connectivity index (χ0v) is 13.2. The van der Waals surface area contributed by atoms with E-state index in [1.807, 2.05) is 0 Å². The molecular formula is C14H24N4O2S. The average molecular weight is 312 g/mol. The van der Waals surface area contributed by atoms with Gasteiger partial charge in [-0.25, -0.2) is 13.1 Å². The van der Waals surface area contributed by atoms with E-state index in [9.17, 15) is 8.42 Å². The lowest BCUT2D eigenvalue weighted by atomic mass is 9.87. The molecule has 1 aromatic heterocycles. The van der Waals surface area contributed by atoms with Gasteiger partial charge in [-0.1, -0.05) is 19.8 Å². The summed E-state index contributed by atoms with van der Waals surface area (Å²) in [6.45, 7) is 2.67. The Hall–Kier alpha value is -0.920. The lowest BCUT2D eigenvalue weighted by Gasteiger charge is -2.29. The van der Waals surface area contributed by atoms with Gasteiger partial charge in [-0.2, -0.15) is 5.10 Å². The number of aromatic nitrogens is 2. The molecule has 0 aromatic carbocycles. The second kappa shape index (κ2) is 6.06. The van der Waals surface area contributed by atoms with E-state index in [-0.39, 0.29) is 11.1 Å². The van der Waals surface area contributed by atoms with Gasteiger partial charge >= 0.3 is 0 Å². The van der Waals surface area contributed by atoms with Gasteiger partial charge in [0.15, 0.2) is 5.03 Å². The van der Waals surface area contributed by atoms with Crippen LogP contribution >= 0.6 is 0 Å². The van der Waals surface area contributed by atoms with Crippen molar-refractivity contribution in [3.05, 3.63) is 11.8 Å². The van der Waals surface area contributed by atoms with Crippen LogP contribution in [0.15, 0.2) is 11.2 Å². The van der Waals surface area contributed by atoms with Crippen LogP contribution in [0, 0.1) is 5.92 Å². The van der Waals surface area contributed by atoms with Crippen LogP contribution in [0.1, 0.15) is 51.0 Å². The summed E-state index contributed by atoms with van der Waals surface area (Å²) in [4.78, 5) is 0. The molecule has 3 rings (SSSR count). The molecule has 1 heterocycles. The first kappa shape index (κ1) is 15.0. The molecule has 2 fully saturated rings. The van der Waals surface area contributed by atoms with Gasteiger partial charge in [-0.05, 0) is 31.6 Å². The van der Waals surface area contributed by atoms with Crippen molar-refractivity contribution in [3.8, 4) is 0 Å². The summed E-state index contributed by atoms with van der Waals surface area (Å²) in [6, 6.07) is 0.582. The molecule has 21 heavy (non-hydrogen) atoms. The molecule has 2 unspecified atom stereocenters. The van der Waals surface area contributed by atoms with Gasteiger partial charge in [-0.15, -0.1) is 0 Å². The number of hydrogen-bond donors (Lipinski definition) is 3. The highest BCUT2D eigenvalue weighted by atomic mass is 32.2. The highest BCUT2D eigenvalue weighted by molar-refractivity contribution is 7.89. The zero-order chi connectivity index (χ0) is 14.9. The normalized spacial score (nSPS) is 26.9. The zero-order valence-electron chi connectivity index (χ0n) is 12.4. The standard InChI is InChI=1S/C14H24N4O2S/c1-10-4-2-3-5-13(10)18-21(19,20)14-11(9-16-17-14)8-15-12-6-7-12/h9-10,12-13,15,18H,2-8H2,1H3,(H,16,17). The molecule has 0 spiro atoms. The monoisotopic (exact) mass is 312 g/mol. The maximum atomic E-state index is 12.6. The summed E-state index contributed by atoms with van der Waals surface area (Å²) >= 11 is 0. The summed E-state index contributed by atoms with van der Waals surface area (Å²) in [5.41, 5.74) is 0.720. The van der Waals surface area contributed by atoms with Gasteiger partial charge < -0.3 is 5.32 Å². The van der Waals surface area contributed by atoms with E-state index in [2.05, 4.69) is 27.2 Å². The molecule has 0 radical (unpaired) electrons. The van der Waals surface area contributed by atoms with Crippen molar-refractivity contribution >= 4 is 10.0 Å². The van der Waals surface area contributed by atoms with Gasteiger partial charge in [-0.3, -0.25) is 5.10 Å². The molecular weight excluding hydrogens is 288 g/mol. The van der Waals surface area contributed by atoms with E-state index in [0.29, 0.717) is 18.5 Å². The summed E-state index contributed by atoms with van der Waals surface area (Å²) in [5, 5.41) is 10.1. The Morgan fingerprint density at radius 2 is 2.05 bits per heavy atom. The van der Waals surface area contributed by atoms with E-state index in [0.717, 1.165) is 24.8 Å². The number of nitrogens with zero attached hydrogens (tertiary/aromatic N) is 1. The Balaban J connectivity index is 1.70. The molecule has 0 saturated heterocycles. The molecule has 2 aliphatic rings. The fourth-order valence-corrected chi connectivity index (χ4v) is 4.46. The highest BCUT2D eigenvalue weighted by Gasteiger charge is 2.29. The average Bonchev–Trinajstić information content (AvgIpc) is 3.15. The molecule has 7 heteroatoms. The fourth-order valence-electron chi connectivity index (χ4n) is 2.95. The number of H-pyrrole nitrogens is 1. The SMILES string of the molecule is CC1CCCCC1NS(=O)(=O)c1[nH]ncc1CNC1CC1. The first-order valence-corrected chi connectivity index (χ1v) is 9.32. The smallest absolute Gasteiger partial charge is 0.258 e. The van der Waals surface area contributed by atoms with Gasteiger partial charge in [0.1, 0.15) is 0 Å². The predicted molar refractivity (Wildman–Crippen MR) is 80.2 cm³/mol. The maximum Gasteiger partial charge on any atom is 0.258 e. The number of sulfonamides is 1. The van der Waals surface area contributed by atoms with Crippen LogP contribution < -0.4 is 10.0 Å². The largest absolute Gasteiger partial charge is 0.310 e. The Labute approximate surface area is 126 Å². The minimum atomic E-state index is -3.52. The second-order valence-electron chi connectivity index (χ2n) is 6.37. The molecule has 118 valence electrons. The fraction of sp³-hybridized carbons (Fsp3) is 0.786. The maximum absolute atomic E-state index is 12.6. The number of hydrogen-bond acceptors (Lipinski definition) is 4. The van der Waals surface area contributed by atoms with Crippen LogP contribution in [0.3, 0.4) is 0 Å². The third-order valence-electron chi connectivity index (χ3n) is 4.52. The lowest BCUT2D eigenvalue weighted by Crippen LogP contribution is -2.41. The summed E-state index contributed by atoms with van der Waals surface area (Å²) in [5.74, 6) is 0.393. The number of nitrogens with one attached hydrogen (secondary N) is 3. The molecule has 0 aliphatic heterocycles. The first-order chi connectivity index (χ1) is 10.1. The van der Waals surface area contributed by atoms with E-state index in [1.165, 1.54) is 19.3 Å². The minimum Gasteiger partial charge on any atom is -0.310 e. The Morgan fingerprint density at radius 1 is 1.29 bits per heavy atom. The molecule has 0 bridgehead atoms. The van der Waals surface area contributed by atoms with E-state index in [1.54, 1.807) is 6.20 Å². The molecule has 2 atom stereocenters. The van der Waals surface area contributed by atoms with Crippen molar-refractivity contribution in [1.29, 1.82) is 0 Å². The Kier molecular flexibility index (Phi) is 4.33. The topological polar surface area (TPSA) is 86.9 Å². The summed E-state index contributed by atoms with van der Waals surface area (Å²) < 4.78 is 28.0.